The van der Waals surface area contributed by atoms with Crippen LogP contribution in [0.15, 0.2) is 46.9 Å². The van der Waals surface area contributed by atoms with Crippen molar-refractivity contribution >= 4 is 15.9 Å². The first-order chi connectivity index (χ1) is 8.56. The Kier molecular flexibility index (Phi) is 4.09. The molecule has 0 aliphatic rings. The van der Waals surface area contributed by atoms with E-state index in [0.29, 0.717) is 10.9 Å². The minimum absolute atomic E-state index is 0.243. The fraction of sp³-hybridized carbons (Fsp3) is 0.143. The topological polar surface area (TPSA) is 26.0 Å². The van der Waals surface area contributed by atoms with Gasteiger partial charge in [-0.1, -0.05) is 34.1 Å². The van der Waals surface area contributed by atoms with Gasteiger partial charge in [-0.05, 0) is 41.8 Å². The van der Waals surface area contributed by atoms with E-state index in [1.165, 1.54) is 24.3 Å². The number of hydrogen-bond acceptors (Lipinski definition) is 1. The zero-order valence-corrected chi connectivity index (χ0v) is 11.1. The Balaban J connectivity index is 2.15. The summed E-state index contributed by atoms with van der Waals surface area (Å²) >= 11 is 3.30. The maximum atomic E-state index is 12.9. The van der Waals surface area contributed by atoms with Crippen molar-refractivity contribution in [2.24, 2.45) is 5.73 Å². The third kappa shape index (κ3) is 3.15. The highest BCUT2D eigenvalue weighted by molar-refractivity contribution is 9.10. The fourth-order valence-corrected chi connectivity index (χ4v) is 2.26. The average molecular weight is 312 g/mol. The lowest BCUT2D eigenvalue weighted by Crippen LogP contribution is -2.13. The van der Waals surface area contributed by atoms with Crippen LogP contribution in [0, 0.1) is 11.6 Å². The second kappa shape index (κ2) is 5.59. The number of hydrogen-bond donors (Lipinski definition) is 1. The summed E-state index contributed by atoms with van der Waals surface area (Å²) in [7, 11) is 0. The zero-order valence-electron chi connectivity index (χ0n) is 9.54. The van der Waals surface area contributed by atoms with Gasteiger partial charge < -0.3 is 5.73 Å². The van der Waals surface area contributed by atoms with Crippen LogP contribution in [0.5, 0.6) is 0 Å². The molecule has 0 aromatic heterocycles. The highest BCUT2D eigenvalue weighted by Gasteiger charge is 2.10. The lowest BCUT2D eigenvalue weighted by Gasteiger charge is -2.13. The first-order valence-electron chi connectivity index (χ1n) is 5.51. The molecular weight excluding hydrogens is 300 g/mol. The Morgan fingerprint density at radius 2 is 1.61 bits per heavy atom. The van der Waals surface area contributed by atoms with Crippen molar-refractivity contribution in [3.8, 4) is 0 Å². The SMILES string of the molecule is NC(Cc1ccc(F)cc1Br)c1ccc(F)cc1. The maximum Gasteiger partial charge on any atom is 0.124 e. The fourth-order valence-electron chi connectivity index (χ4n) is 1.75. The van der Waals surface area contributed by atoms with E-state index in [0.717, 1.165) is 11.1 Å². The monoisotopic (exact) mass is 311 g/mol. The molecule has 0 aliphatic carbocycles. The number of nitrogens with two attached hydrogens (primary N) is 1. The molecule has 0 amide bonds. The lowest BCUT2D eigenvalue weighted by atomic mass is 10.00. The van der Waals surface area contributed by atoms with Crippen LogP contribution in [0.2, 0.25) is 0 Å². The molecule has 0 heterocycles. The molecule has 2 rings (SSSR count). The second-order valence-electron chi connectivity index (χ2n) is 4.10. The molecule has 0 bridgehead atoms. The van der Waals surface area contributed by atoms with Gasteiger partial charge in [0.05, 0.1) is 0 Å². The van der Waals surface area contributed by atoms with Gasteiger partial charge in [0.2, 0.25) is 0 Å². The molecule has 1 unspecified atom stereocenters. The number of benzene rings is 2. The van der Waals surface area contributed by atoms with Crippen LogP contribution >= 0.6 is 15.9 Å². The summed E-state index contributed by atoms with van der Waals surface area (Å²) in [4.78, 5) is 0. The van der Waals surface area contributed by atoms with Gasteiger partial charge in [0.25, 0.3) is 0 Å². The van der Waals surface area contributed by atoms with E-state index >= 15 is 0 Å². The lowest BCUT2D eigenvalue weighted by molar-refractivity contribution is 0.621. The van der Waals surface area contributed by atoms with Gasteiger partial charge in [-0.2, -0.15) is 0 Å². The van der Waals surface area contributed by atoms with E-state index in [-0.39, 0.29) is 17.7 Å². The Bertz CT molecular complexity index is 540. The molecule has 0 radical (unpaired) electrons. The maximum absolute atomic E-state index is 12.9. The minimum atomic E-state index is -0.291. The van der Waals surface area contributed by atoms with Crippen molar-refractivity contribution in [3.63, 3.8) is 0 Å². The Morgan fingerprint density at radius 3 is 2.22 bits per heavy atom. The van der Waals surface area contributed by atoms with Gasteiger partial charge in [0, 0.05) is 10.5 Å². The van der Waals surface area contributed by atoms with Crippen LogP contribution in [-0.2, 0) is 6.42 Å². The predicted octanol–water partition coefficient (Wildman–Crippen LogP) is 3.97. The molecule has 2 N–H and O–H groups in total. The zero-order chi connectivity index (χ0) is 13.1. The third-order valence-electron chi connectivity index (χ3n) is 2.75. The van der Waals surface area contributed by atoms with E-state index in [1.54, 1.807) is 18.2 Å². The van der Waals surface area contributed by atoms with Gasteiger partial charge in [-0.25, -0.2) is 8.78 Å². The standard InChI is InChI=1S/C14H12BrF2N/c15-13-8-12(17)6-3-10(13)7-14(18)9-1-4-11(16)5-2-9/h1-6,8,14H,7,18H2. The molecule has 2 aromatic carbocycles. The average Bonchev–Trinajstić information content (AvgIpc) is 2.33. The highest BCUT2D eigenvalue weighted by atomic mass is 79.9. The molecule has 2 aromatic rings. The molecule has 0 saturated heterocycles. The van der Waals surface area contributed by atoms with Crippen molar-refractivity contribution in [2.75, 3.05) is 0 Å². The van der Waals surface area contributed by atoms with Crippen LogP contribution in [0.4, 0.5) is 8.78 Å². The van der Waals surface area contributed by atoms with Gasteiger partial charge in [-0.15, -0.1) is 0 Å². The van der Waals surface area contributed by atoms with Gasteiger partial charge >= 0.3 is 0 Å². The molecule has 94 valence electrons. The summed E-state index contributed by atoms with van der Waals surface area (Å²) in [5.74, 6) is -0.574. The molecule has 1 nitrogen and oxygen atoms in total. The smallest absolute Gasteiger partial charge is 0.124 e. The van der Waals surface area contributed by atoms with Crippen LogP contribution in [0.3, 0.4) is 0 Å². The molecule has 0 fully saturated rings. The van der Waals surface area contributed by atoms with Crippen molar-refractivity contribution in [1.29, 1.82) is 0 Å². The van der Waals surface area contributed by atoms with Crippen molar-refractivity contribution < 1.29 is 8.78 Å². The normalized spacial score (nSPS) is 12.4. The molecule has 0 spiro atoms. The van der Waals surface area contributed by atoms with Crippen LogP contribution in [-0.4, -0.2) is 0 Å². The summed E-state index contributed by atoms with van der Waals surface area (Å²) in [6.07, 6.45) is 0.562. The Labute approximate surface area is 113 Å². The minimum Gasteiger partial charge on any atom is -0.324 e. The third-order valence-corrected chi connectivity index (χ3v) is 3.49. The van der Waals surface area contributed by atoms with Gasteiger partial charge in [0.1, 0.15) is 11.6 Å². The van der Waals surface area contributed by atoms with E-state index in [4.69, 9.17) is 5.73 Å². The molecule has 0 saturated carbocycles. The first kappa shape index (κ1) is 13.2. The van der Waals surface area contributed by atoms with Crippen molar-refractivity contribution in [3.05, 3.63) is 69.7 Å². The quantitative estimate of drug-likeness (QED) is 0.912. The second-order valence-corrected chi connectivity index (χ2v) is 4.95. The Morgan fingerprint density at radius 1 is 1.00 bits per heavy atom. The summed E-state index contributed by atoms with van der Waals surface area (Å²) in [5, 5.41) is 0. The predicted molar refractivity (Wildman–Crippen MR) is 71.1 cm³/mol. The summed E-state index contributed by atoms with van der Waals surface area (Å²) < 4.78 is 26.4. The van der Waals surface area contributed by atoms with Crippen molar-refractivity contribution in [2.45, 2.75) is 12.5 Å². The van der Waals surface area contributed by atoms with E-state index in [2.05, 4.69) is 15.9 Å². The number of rotatable bonds is 3. The van der Waals surface area contributed by atoms with E-state index in [9.17, 15) is 8.78 Å². The van der Waals surface area contributed by atoms with Crippen LogP contribution in [0.1, 0.15) is 17.2 Å². The largest absolute Gasteiger partial charge is 0.324 e. The molecule has 1 atom stereocenters. The molecule has 0 aliphatic heterocycles. The van der Waals surface area contributed by atoms with E-state index in [1.807, 2.05) is 0 Å². The van der Waals surface area contributed by atoms with E-state index < -0.39 is 0 Å². The summed E-state index contributed by atoms with van der Waals surface area (Å²) in [5.41, 5.74) is 7.83. The number of halogens is 3. The first-order valence-corrected chi connectivity index (χ1v) is 6.30. The van der Waals surface area contributed by atoms with Gasteiger partial charge in [-0.3, -0.25) is 0 Å². The highest BCUT2D eigenvalue weighted by Crippen LogP contribution is 2.23. The molecular formula is C14H12BrF2N. The Hall–Kier alpha value is -1.26. The van der Waals surface area contributed by atoms with Crippen LogP contribution < -0.4 is 5.73 Å². The summed E-state index contributed by atoms with van der Waals surface area (Å²) in [6, 6.07) is 10.4. The summed E-state index contributed by atoms with van der Waals surface area (Å²) in [6.45, 7) is 0. The molecule has 18 heavy (non-hydrogen) atoms. The molecule has 4 heteroatoms. The van der Waals surface area contributed by atoms with Gasteiger partial charge in [0.15, 0.2) is 0 Å². The van der Waals surface area contributed by atoms with Crippen molar-refractivity contribution in [1.82, 2.24) is 0 Å². The van der Waals surface area contributed by atoms with Crippen LogP contribution in [0.25, 0.3) is 0 Å².